The van der Waals surface area contributed by atoms with E-state index in [1.54, 1.807) is 6.26 Å². The summed E-state index contributed by atoms with van der Waals surface area (Å²) in [6, 6.07) is 8.35. The van der Waals surface area contributed by atoms with Crippen LogP contribution in [0.4, 0.5) is 0 Å². The molecule has 1 heterocycles. The maximum Gasteiger partial charge on any atom is 0.198 e. The molecule has 0 bridgehead atoms. The van der Waals surface area contributed by atoms with Crippen molar-refractivity contribution < 1.29 is 4.42 Å². The first-order chi connectivity index (χ1) is 8.65. The van der Waals surface area contributed by atoms with Gasteiger partial charge in [-0.2, -0.15) is 0 Å². The Hall–Kier alpha value is -1.25. The fraction of sp³-hybridized carbons (Fsp3) is 0.333. The molecule has 1 unspecified atom stereocenters. The second-order valence-corrected chi connectivity index (χ2v) is 4.77. The fourth-order valence-electron chi connectivity index (χ4n) is 2.19. The highest BCUT2D eigenvalue weighted by atomic mass is 35.5. The molecule has 0 saturated carbocycles. The molecule has 0 amide bonds. The first-order valence-corrected chi connectivity index (χ1v) is 6.55. The van der Waals surface area contributed by atoms with E-state index >= 15 is 0 Å². The van der Waals surface area contributed by atoms with Crippen molar-refractivity contribution in [3.63, 3.8) is 0 Å². The third-order valence-electron chi connectivity index (χ3n) is 3.32. The summed E-state index contributed by atoms with van der Waals surface area (Å²) in [7, 11) is 0. The van der Waals surface area contributed by atoms with Gasteiger partial charge < -0.3 is 9.73 Å². The molecule has 1 atom stereocenters. The van der Waals surface area contributed by atoms with Crippen LogP contribution in [0.2, 0.25) is 5.22 Å². The fourth-order valence-corrected chi connectivity index (χ4v) is 2.41. The van der Waals surface area contributed by atoms with Crippen LogP contribution in [0.1, 0.15) is 35.2 Å². The van der Waals surface area contributed by atoms with E-state index in [4.69, 9.17) is 16.0 Å². The average molecular weight is 264 g/mol. The molecule has 96 valence electrons. The zero-order valence-corrected chi connectivity index (χ0v) is 11.7. The summed E-state index contributed by atoms with van der Waals surface area (Å²) in [6.07, 6.45) is 1.63. The average Bonchev–Trinajstić information content (AvgIpc) is 2.76. The molecule has 0 spiro atoms. The summed E-state index contributed by atoms with van der Waals surface area (Å²) in [4.78, 5) is 0. The number of furan rings is 1. The molecular formula is C15H18ClNO. The highest BCUT2D eigenvalue weighted by molar-refractivity contribution is 6.29. The lowest BCUT2D eigenvalue weighted by Crippen LogP contribution is -2.22. The van der Waals surface area contributed by atoms with Crippen molar-refractivity contribution in [2.24, 2.45) is 0 Å². The molecule has 0 saturated heterocycles. The van der Waals surface area contributed by atoms with Gasteiger partial charge in [-0.05, 0) is 54.7 Å². The summed E-state index contributed by atoms with van der Waals surface area (Å²) < 4.78 is 5.21. The first kappa shape index (κ1) is 13.2. The molecule has 0 radical (unpaired) electrons. The molecule has 3 heteroatoms. The summed E-state index contributed by atoms with van der Waals surface area (Å²) in [5, 5.41) is 3.93. The normalized spacial score (nSPS) is 12.7. The predicted octanol–water partition coefficient (Wildman–Crippen LogP) is 4.25. The third kappa shape index (κ3) is 2.45. The van der Waals surface area contributed by atoms with E-state index in [1.807, 2.05) is 6.07 Å². The Morgan fingerprint density at radius 3 is 2.61 bits per heavy atom. The molecule has 1 aromatic carbocycles. The Kier molecular flexibility index (Phi) is 4.10. The molecule has 0 aliphatic carbocycles. The summed E-state index contributed by atoms with van der Waals surface area (Å²) >= 11 is 6.11. The Morgan fingerprint density at radius 1 is 1.22 bits per heavy atom. The van der Waals surface area contributed by atoms with Gasteiger partial charge in [-0.3, -0.25) is 0 Å². The van der Waals surface area contributed by atoms with Crippen LogP contribution in [0.5, 0.6) is 0 Å². The Balaban J connectivity index is 2.48. The van der Waals surface area contributed by atoms with Gasteiger partial charge >= 0.3 is 0 Å². The number of hydrogen-bond donors (Lipinski definition) is 1. The maximum atomic E-state index is 6.11. The van der Waals surface area contributed by atoms with Crippen molar-refractivity contribution in [3.8, 4) is 0 Å². The monoisotopic (exact) mass is 263 g/mol. The van der Waals surface area contributed by atoms with Gasteiger partial charge in [0.25, 0.3) is 0 Å². The first-order valence-electron chi connectivity index (χ1n) is 6.17. The molecule has 0 aliphatic rings. The predicted molar refractivity (Wildman–Crippen MR) is 75.2 cm³/mol. The van der Waals surface area contributed by atoms with Crippen LogP contribution in [-0.2, 0) is 0 Å². The lowest BCUT2D eigenvalue weighted by atomic mass is 9.94. The van der Waals surface area contributed by atoms with E-state index in [2.05, 4.69) is 44.3 Å². The quantitative estimate of drug-likeness (QED) is 0.892. The van der Waals surface area contributed by atoms with Gasteiger partial charge in [-0.15, -0.1) is 0 Å². The van der Waals surface area contributed by atoms with Gasteiger partial charge in [-0.25, -0.2) is 0 Å². The highest BCUT2D eigenvalue weighted by Gasteiger charge is 2.20. The molecule has 2 aromatic rings. The molecular weight excluding hydrogens is 246 g/mol. The second kappa shape index (κ2) is 5.59. The number of nitrogens with one attached hydrogen (secondary N) is 1. The van der Waals surface area contributed by atoms with Crippen LogP contribution in [0.3, 0.4) is 0 Å². The van der Waals surface area contributed by atoms with Gasteiger partial charge in [0.1, 0.15) is 0 Å². The lowest BCUT2D eigenvalue weighted by Gasteiger charge is -2.20. The van der Waals surface area contributed by atoms with Crippen molar-refractivity contribution in [2.75, 3.05) is 6.54 Å². The number of halogens is 1. The van der Waals surface area contributed by atoms with Gasteiger partial charge in [0.2, 0.25) is 0 Å². The van der Waals surface area contributed by atoms with E-state index in [0.717, 1.165) is 12.1 Å². The highest BCUT2D eigenvalue weighted by Crippen LogP contribution is 2.31. The SMILES string of the molecule is CCNC(c1ccoc1Cl)c1cccc(C)c1C. The van der Waals surface area contributed by atoms with Crippen LogP contribution >= 0.6 is 11.6 Å². The van der Waals surface area contributed by atoms with Crippen molar-refractivity contribution >= 4 is 11.6 Å². The minimum Gasteiger partial charge on any atom is -0.453 e. The lowest BCUT2D eigenvalue weighted by molar-refractivity contribution is 0.554. The largest absolute Gasteiger partial charge is 0.453 e. The maximum absolute atomic E-state index is 6.11. The molecule has 2 nitrogen and oxygen atoms in total. The van der Waals surface area contributed by atoms with E-state index in [9.17, 15) is 0 Å². The number of rotatable bonds is 4. The van der Waals surface area contributed by atoms with Gasteiger partial charge in [0.15, 0.2) is 5.22 Å². The number of benzene rings is 1. The van der Waals surface area contributed by atoms with E-state index in [0.29, 0.717) is 5.22 Å². The molecule has 18 heavy (non-hydrogen) atoms. The minimum atomic E-state index is 0.0844. The molecule has 1 N–H and O–H groups in total. The summed E-state index contributed by atoms with van der Waals surface area (Å²) in [5.74, 6) is 0. The summed E-state index contributed by atoms with van der Waals surface area (Å²) in [6.45, 7) is 7.23. The third-order valence-corrected chi connectivity index (χ3v) is 3.63. The zero-order valence-electron chi connectivity index (χ0n) is 11.0. The van der Waals surface area contributed by atoms with Gasteiger partial charge in [0, 0.05) is 5.56 Å². The standard InChI is InChI=1S/C15H18ClNO/c1-4-17-14(13-8-9-18-15(13)16)12-7-5-6-10(2)11(12)3/h5-9,14,17H,4H2,1-3H3. The van der Waals surface area contributed by atoms with Crippen LogP contribution in [0, 0.1) is 13.8 Å². The molecule has 0 fully saturated rings. The van der Waals surface area contributed by atoms with E-state index < -0.39 is 0 Å². The Morgan fingerprint density at radius 2 is 2.00 bits per heavy atom. The van der Waals surface area contributed by atoms with E-state index in [-0.39, 0.29) is 6.04 Å². The van der Waals surface area contributed by atoms with Crippen LogP contribution < -0.4 is 5.32 Å². The van der Waals surface area contributed by atoms with Crippen LogP contribution in [0.15, 0.2) is 34.9 Å². The van der Waals surface area contributed by atoms with Crippen LogP contribution in [0.25, 0.3) is 0 Å². The van der Waals surface area contributed by atoms with Gasteiger partial charge in [0.05, 0.1) is 12.3 Å². The van der Waals surface area contributed by atoms with Crippen molar-refractivity contribution in [3.05, 3.63) is 58.0 Å². The van der Waals surface area contributed by atoms with Crippen LogP contribution in [-0.4, -0.2) is 6.54 Å². The second-order valence-electron chi connectivity index (χ2n) is 4.43. The van der Waals surface area contributed by atoms with E-state index in [1.165, 1.54) is 16.7 Å². The van der Waals surface area contributed by atoms with Crippen molar-refractivity contribution in [1.29, 1.82) is 0 Å². The minimum absolute atomic E-state index is 0.0844. The number of aryl methyl sites for hydroxylation is 1. The van der Waals surface area contributed by atoms with Crippen molar-refractivity contribution in [2.45, 2.75) is 26.8 Å². The number of hydrogen-bond acceptors (Lipinski definition) is 2. The molecule has 0 aliphatic heterocycles. The van der Waals surface area contributed by atoms with Crippen molar-refractivity contribution in [1.82, 2.24) is 5.32 Å². The molecule has 2 rings (SSSR count). The summed E-state index contributed by atoms with van der Waals surface area (Å²) in [5.41, 5.74) is 4.82. The Labute approximate surface area is 113 Å². The Bertz CT molecular complexity index is 533. The molecule has 1 aromatic heterocycles. The topological polar surface area (TPSA) is 25.2 Å². The zero-order chi connectivity index (χ0) is 13.1. The smallest absolute Gasteiger partial charge is 0.198 e. The van der Waals surface area contributed by atoms with Gasteiger partial charge in [-0.1, -0.05) is 25.1 Å².